The highest BCUT2D eigenvalue weighted by atomic mass is 32.1. The molecule has 74 valence electrons. The lowest BCUT2D eigenvalue weighted by Crippen LogP contribution is -1.86. The summed E-state index contributed by atoms with van der Waals surface area (Å²) in [5, 5.41) is 13.1. The standard InChI is InChI=1S/C10H8N4S/c1-7-2-3-14-9(4-7)8(5-12-14)10-13-11-6-15-10/h2-6H,1H3. The van der Waals surface area contributed by atoms with E-state index in [0.717, 1.165) is 16.1 Å². The molecular formula is C10H8N4S. The molecule has 15 heavy (non-hydrogen) atoms. The number of aromatic nitrogens is 4. The van der Waals surface area contributed by atoms with E-state index in [1.807, 2.05) is 23.0 Å². The minimum Gasteiger partial charge on any atom is -0.240 e. The van der Waals surface area contributed by atoms with Crippen LogP contribution >= 0.6 is 11.3 Å². The van der Waals surface area contributed by atoms with Gasteiger partial charge in [-0.15, -0.1) is 10.2 Å². The molecule has 0 aromatic carbocycles. The Kier molecular flexibility index (Phi) is 1.78. The summed E-state index contributed by atoms with van der Waals surface area (Å²) in [7, 11) is 0. The second-order valence-electron chi connectivity index (χ2n) is 3.34. The van der Waals surface area contributed by atoms with E-state index in [0.29, 0.717) is 0 Å². The van der Waals surface area contributed by atoms with Gasteiger partial charge in [-0.2, -0.15) is 5.10 Å². The average Bonchev–Trinajstić information content (AvgIpc) is 2.83. The maximum atomic E-state index is 4.27. The SMILES string of the molecule is Cc1ccn2ncc(-c3nncs3)c2c1. The predicted octanol–water partition coefficient (Wildman–Crippen LogP) is 2.16. The molecule has 0 bridgehead atoms. The number of nitrogens with zero attached hydrogens (tertiary/aromatic N) is 4. The Morgan fingerprint density at radius 2 is 2.33 bits per heavy atom. The highest BCUT2D eigenvalue weighted by Gasteiger charge is 2.08. The molecule has 3 aromatic rings. The van der Waals surface area contributed by atoms with Gasteiger partial charge in [-0.3, -0.25) is 0 Å². The van der Waals surface area contributed by atoms with Gasteiger partial charge in [0.1, 0.15) is 5.51 Å². The average molecular weight is 216 g/mol. The number of fused-ring (bicyclic) bond motifs is 1. The van der Waals surface area contributed by atoms with E-state index < -0.39 is 0 Å². The quantitative estimate of drug-likeness (QED) is 0.626. The highest BCUT2D eigenvalue weighted by Crippen LogP contribution is 2.25. The molecule has 0 spiro atoms. The van der Waals surface area contributed by atoms with Gasteiger partial charge >= 0.3 is 0 Å². The van der Waals surface area contributed by atoms with Crippen molar-refractivity contribution in [2.75, 3.05) is 0 Å². The fourth-order valence-corrected chi connectivity index (χ4v) is 2.11. The maximum Gasteiger partial charge on any atom is 0.151 e. The summed E-state index contributed by atoms with van der Waals surface area (Å²) < 4.78 is 1.85. The molecule has 3 rings (SSSR count). The molecule has 0 saturated heterocycles. The molecule has 0 amide bonds. The van der Waals surface area contributed by atoms with Crippen molar-refractivity contribution in [1.82, 2.24) is 19.8 Å². The monoisotopic (exact) mass is 216 g/mol. The molecule has 0 N–H and O–H groups in total. The fourth-order valence-electron chi connectivity index (χ4n) is 1.54. The minimum absolute atomic E-state index is 0.913. The van der Waals surface area contributed by atoms with Crippen molar-refractivity contribution in [2.24, 2.45) is 0 Å². The normalized spacial score (nSPS) is 11.0. The third kappa shape index (κ3) is 1.32. The summed E-state index contributed by atoms with van der Waals surface area (Å²) in [5.74, 6) is 0. The van der Waals surface area contributed by atoms with E-state index in [-0.39, 0.29) is 0 Å². The van der Waals surface area contributed by atoms with Crippen LogP contribution in [0.1, 0.15) is 5.56 Å². The highest BCUT2D eigenvalue weighted by molar-refractivity contribution is 7.12. The van der Waals surface area contributed by atoms with E-state index in [1.54, 1.807) is 5.51 Å². The first-order valence-corrected chi connectivity index (χ1v) is 5.43. The van der Waals surface area contributed by atoms with Gasteiger partial charge in [-0.05, 0) is 24.6 Å². The summed E-state index contributed by atoms with van der Waals surface area (Å²) in [6.07, 6.45) is 3.78. The van der Waals surface area contributed by atoms with Gasteiger partial charge in [0, 0.05) is 6.20 Å². The molecule has 0 fully saturated rings. The van der Waals surface area contributed by atoms with Crippen molar-refractivity contribution in [1.29, 1.82) is 0 Å². The number of rotatable bonds is 1. The molecular weight excluding hydrogens is 208 g/mol. The van der Waals surface area contributed by atoms with Crippen molar-refractivity contribution in [3.63, 3.8) is 0 Å². The zero-order chi connectivity index (χ0) is 10.3. The van der Waals surface area contributed by atoms with E-state index in [2.05, 4.69) is 28.3 Å². The van der Waals surface area contributed by atoms with E-state index in [4.69, 9.17) is 0 Å². The van der Waals surface area contributed by atoms with Crippen LogP contribution in [0.25, 0.3) is 16.1 Å². The first-order chi connectivity index (χ1) is 7.34. The third-order valence-electron chi connectivity index (χ3n) is 2.27. The van der Waals surface area contributed by atoms with Crippen LogP contribution in [-0.2, 0) is 0 Å². The molecule has 3 aromatic heterocycles. The molecule has 0 saturated carbocycles. The molecule has 0 aliphatic rings. The van der Waals surface area contributed by atoms with Crippen molar-refractivity contribution in [3.8, 4) is 10.6 Å². The van der Waals surface area contributed by atoms with Crippen LogP contribution in [0.5, 0.6) is 0 Å². The third-order valence-corrected chi connectivity index (χ3v) is 2.99. The molecule has 0 atom stereocenters. The van der Waals surface area contributed by atoms with Crippen molar-refractivity contribution in [2.45, 2.75) is 6.92 Å². The lowest BCUT2D eigenvalue weighted by atomic mass is 10.2. The molecule has 5 heteroatoms. The van der Waals surface area contributed by atoms with Crippen molar-refractivity contribution < 1.29 is 0 Å². The van der Waals surface area contributed by atoms with E-state index >= 15 is 0 Å². The molecule has 4 nitrogen and oxygen atoms in total. The zero-order valence-corrected chi connectivity index (χ0v) is 8.90. The summed E-state index contributed by atoms with van der Waals surface area (Å²) >= 11 is 1.53. The zero-order valence-electron chi connectivity index (χ0n) is 8.08. The van der Waals surface area contributed by atoms with Crippen LogP contribution in [0.2, 0.25) is 0 Å². The fraction of sp³-hybridized carbons (Fsp3) is 0.100. The Morgan fingerprint density at radius 3 is 3.13 bits per heavy atom. The Balaban J connectivity index is 2.32. The van der Waals surface area contributed by atoms with Crippen LogP contribution in [0.4, 0.5) is 0 Å². The Morgan fingerprint density at radius 1 is 1.40 bits per heavy atom. The lowest BCUT2D eigenvalue weighted by Gasteiger charge is -1.96. The molecule has 0 aliphatic carbocycles. The maximum absolute atomic E-state index is 4.27. The Bertz CT molecular complexity index is 597. The molecule has 0 aliphatic heterocycles. The summed E-state index contributed by atoms with van der Waals surface area (Å²) in [4.78, 5) is 0. The van der Waals surface area contributed by atoms with Gasteiger partial charge in [0.05, 0.1) is 17.3 Å². The van der Waals surface area contributed by atoms with Crippen molar-refractivity contribution in [3.05, 3.63) is 35.6 Å². The second kappa shape index (κ2) is 3.13. The largest absolute Gasteiger partial charge is 0.240 e. The van der Waals surface area contributed by atoms with Gasteiger partial charge in [0.25, 0.3) is 0 Å². The molecule has 0 radical (unpaired) electrons. The number of pyridine rings is 1. The van der Waals surface area contributed by atoms with Crippen LogP contribution < -0.4 is 0 Å². The van der Waals surface area contributed by atoms with Crippen molar-refractivity contribution >= 4 is 16.9 Å². The molecule has 3 heterocycles. The summed E-state index contributed by atoms with van der Waals surface area (Å²) in [6.45, 7) is 2.07. The second-order valence-corrected chi connectivity index (χ2v) is 4.17. The number of aryl methyl sites for hydroxylation is 1. The number of hydrogen-bond donors (Lipinski definition) is 0. The van der Waals surface area contributed by atoms with E-state index in [9.17, 15) is 0 Å². The van der Waals surface area contributed by atoms with Gasteiger partial charge in [-0.1, -0.05) is 11.3 Å². The van der Waals surface area contributed by atoms with Gasteiger partial charge in [0.2, 0.25) is 0 Å². The van der Waals surface area contributed by atoms with Crippen LogP contribution in [0.15, 0.2) is 30.0 Å². The first-order valence-electron chi connectivity index (χ1n) is 4.55. The lowest BCUT2D eigenvalue weighted by molar-refractivity contribution is 0.958. The van der Waals surface area contributed by atoms with Gasteiger partial charge in [0.15, 0.2) is 5.01 Å². The van der Waals surface area contributed by atoms with E-state index in [1.165, 1.54) is 16.9 Å². The summed E-state index contributed by atoms with van der Waals surface area (Å²) in [5.41, 5.74) is 5.07. The van der Waals surface area contributed by atoms with Gasteiger partial charge < -0.3 is 0 Å². The Labute approximate surface area is 90.2 Å². The van der Waals surface area contributed by atoms with Crippen LogP contribution in [0.3, 0.4) is 0 Å². The number of hydrogen-bond acceptors (Lipinski definition) is 4. The topological polar surface area (TPSA) is 43.1 Å². The Hall–Kier alpha value is -1.75. The predicted molar refractivity (Wildman–Crippen MR) is 58.8 cm³/mol. The first kappa shape index (κ1) is 8.55. The van der Waals surface area contributed by atoms with Gasteiger partial charge in [-0.25, -0.2) is 4.52 Å². The molecule has 0 unspecified atom stereocenters. The smallest absolute Gasteiger partial charge is 0.151 e. The minimum atomic E-state index is 0.913. The summed E-state index contributed by atoms with van der Waals surface area (Å²) in [6, 6.07) is 4.13. The van der Waals surface area contributed by atoms with Crippen LogP contribution in [-0.4, -0.2) is 19.8 Å². The van der Waals surface area contributed by atoms with Crippen LogP contribution in [0, 0.1) is 6.92 Å².